The Balaban J connectivity index is 2.24. The summed E-state index contributed by atoms with van der Waals surface area (Å²) >= 11 is 0. The summed E-state index contributed by atoms with van der Waals surface area (Å²) in [6, 6.07) is 7.29. The van der Waals surface area contributed by atoms with Gasteiger partial charge >= 0.3 is 0 Å². The highest BCUT2D eigenvalue weighted by molar-refractivity contribution is 5.66. The van der Waals surface area contributed by atoms with Crippen molar-refractivity contribution >= 4 is 11.4 Å². The van der Waals surface area contributed by atoms with Crippen LogP contribution in [-0.4, -0.2) is 24.4 Å². The van der Waals surface area contributed by atoms with Crippen LogP contribution in [-0.2, 0) is 5.41 Å². The van der Waals surface area contributed by atoms with E-state index in [1.54, 1.807) is 12.1 Å². The summed E-state index contributed by atoms with van der Waals surface area (Å²) in [5.74, 6) is 0.599. The summed E-state index contributed by atoms with van der Waals surface area (Å²) in [5.41, 5.74) is 14.2. The van der Waals surface area contributed by atoms with E-state index >= 15 is 0 Å². The van der Waals surface area contributed by atoms with Crippen molar-refractivity contribution in [2.75, 3.05) is 25.7 Å². The zero-order valence-corrected chi connectivity index (χ0v) is 15.2. The molecule has 6 heteroatoms. The highest BCUT2D eigenvalue weighted by Crippen LogP contribution is 2.50. The number of nitrogens with two attached hydrogens (primary N) is 2. The number of phenols is 2. The van der Waals surface area contributed by atoms with E-state index in [1.807, 2.05) is 12.1 Å². The van der Waals surface area contributed by atoms with Crippen LogP contribution in [0.25, 0.3) is 0 Å². The van der Waals surface area contributed by atoms with Crippen molar-refractivity contribution in [3.05, 3.63) is 35.4 Å². The van der Waals surface area contributed by atoms with Crippen LogP contribution in [0, 0.1) is 0 Å². The number of anilines is 2. The van der Waals surface area contributed by atoms with Gasteiger partial charge in [-0.2, -0.15) is 0 Å². The van der Waals surface area contributed by atoms with E-state index in [1.165, 1.54) is 14.2 Å². The molecule has 0 amide bonds. The molecule has 0 atom stereocenters. The van der Waals surface area contributed by atoms with Crippen molar-refractivity contribution < 1.29 is 19.7 Å². The van der Waals surface area contributed by atoms with Gasteiger partial charge in [0.1, 0.15) is 0 Å². The van der Waals surface area contributed by atoms with Gasteiger partial charge in [-0.05, 0) is 48.2 Å². The van der Waals surface area contributed by atoms with Crippen LogP contribution in [0.5, 0.6) is 23.0 Å². The van der Waals surface area contributed by atoms with Crippen molar-refractivity contribution in [2.45, 2.75) is 37.5 Å². The Bertz CT molecular complexity index is 752. The first-order valence-corrected chi connectivity index (χ1v) is 8.77. The molecule has 1 fully saturated rings. The zero-order valence-electron chi connectivity index (χ0n) is 15.2. The van der Waals surface area contributed by atoms with Crippen molar-refractivity contribution in [2.24, 2.45) is 0 Å². The van der Waals surface area contributed by atoms with E-state index in [0.717, 1.165) is 43.2 Å². The maximum Gasteiger partial charge on any atom is 0.181 e. The highest BCUT2D eigenvalue weighted by atomic mass is 16.5. The standard InChI is InChI=1S/C20H26N2O4/c1-25-16-10-12(8-14(21)18(16)23)20(6-4-3-5-7-20)13-9-15(22)19(24)17(11-13)26-2/h8-11,23-24H,3-7,21-22H2,1-2H3. The molecule has 140 valence electrons. The largest absolute Gasteiger partial charge is 0.503 e. The molecule has 0 bridgehead atoms. The first-order chi connectivity index (χ1) is 12.4. The molecule has 2 aromatic rings. The number of rotatable bonds is 4. The molecule has 0 aromatic heterocycles. The Morgan fingerprint density at radius 3 is 1.58 bits per heavy atom. The van der Waals surface area contributed by atoms with E-state index in [4.69, 9.17) is 20.9 Å². The fourth-order valence-electron chi connectivity index (χ4n) is 4.02. The first kappa shape index (κ1) is 18.0. The normalized spacial score (nSPS) is 16.2. The molecule has 0 aliphatic heterocycles. The van der Waals surface area contributed by atoms with Gasteiger partial charge in [0, 0.05) is 5.41 Å². The van der Waals surface area contributed by atoms with Gasteiger partial charge in [-0.1, -0.05) is 19.3 Å². The molecule has 1 saturated carbocycles. The molecule has 1 aliphatic carbocycles. The quantitative estimate of drug-likeness (QED) is 0.491. The summed E-state index contributed by atoms with van der Waals surface area (Å²) < 4.78 is 10.6. The van der Waals surface area contributed by atoms with Crippen molar-refractivity contribution in [3.8, 4) is 23.0 Å². The average molecular weight is 358 g/mol. The SMILES string of the molecule is COc1cc(C2(c3cc(N)c(O)c(OC)c3)CCCCC2)cc(N)c1O. The molecule has 0 saturated heterocycles. The Morgan fingerprint density at radius 2 is 1.19 bits per heavy atom. The zero-order chi connectivity index (χ0) is 18.9. The lowest BCUT2D eigenvalue weighted by Gasteiger charge is -2.39. The fraction of sp³-hybridized carbons (Fsp3) is 0.400. The first-order valence-electron chi connectivity index (χ1n) is 8.77. The minimum absolute atomic E-state index is 0.0509. The minimum Gasteiger partial charge on any atom is -0.503 e. The molecule has 0 radical (unpaired) electrons. The van der Waals surface area contributed by atoms with Gasteiger partial charge in [0.05, 0.1) is 25.6 Å². The number of aromatic hydroxyl groups is 2. The highest BCUT2D eigenvalue weighted by Gasteiger charge is 2.37. The summed E-state index contributed by atoms with van der Waals surface area (Å²) in [7, 11) is 3.01. The molecule has 0 spiro atoms. The van der Waals surface area contributed by atoms with Crippen LogP contribution in [0.4, 0.5) is 11.4 Å². The second-order valence-corrected chi connectivity index (χ2v) is 6.88. The summed E-state index contributed by atoms with van der Waals surface area (Å²) in [4.78, 5) is 0. The number of methoxy groups -OCH3 is 2. The molecule has 6 N–H and O–H groups in total. The van der Waals surface area contributed by atoms with E-state index in [9.17, 15) is 10.2 Å². The third-order valence-electron chi connectivity index (χ3n) is 5.46. The van der Waals surface area contributed by atoms with Gasteiger partial charge in [-0.3, -0.25) is 0 Å². The van der Waals surface area contributed by atoms with E-state index in [2.05, 4.69) is 0 Å². The molecule has 1 aliphatic rings. The lowest BCUT2D eigenvalue weighted by atomic mass is 9.65. The Kier molecular flexibility index (Phi) is 4.76. The lowest BCUT2D eigenvalue weighted by Crippen LogP contribution is -2.31. The van der Waals surface area contributed by atoms with Crippen LogP contribution in [0.3, 0.4) is 0 Å². The topological polar surface area (TPSA) is 111 Å². The summed E-state index contributed by atoms with van der Waals surface area (Å²) in [6.45, 7) is 0. The number of phenolic OH excluding ortho intramolecular Hbond substituents is 2. The Hall–Kier alpha value is -2.76. The third-order valence-corrected chi connectivity index (χ3v) is 5.46. The Labute approximate surface area is 153 Å². The number of benzene rings is 2. The molecule has 2 aromatic carbocycles. The van der Waals surface area contributed by atoms with Crippen LogP contribution in [0.2, 0.25) is 0 Å². The Morgan fingerprint density at radius 1 is 0.769 bits per heavy atom. The summed E-state index contributed by atoms with van der Waals surface area (Å²) in [6.07, 6.45) is 5.11. The molecule has 3 rings (SSSR count). The monoisotopic (exact) mass is 358 g/mol. The van der Waals surface area contributed by atoms with Crippen molar-refractivity contribution in [1.29, 1.82) is 0 Å². The smallest absolute Gasteiger partial charge is 0.181 e. The molecule has 6 nitrogen and oxygen atoms in total. The number of nitrogen functional groups attached to an aromatic ring is 2. The third kappa shape index (κ3) is 2.85. The predicted octanol–water partition coefficient (Wildman–Crippen LogP) is 3.53. The van der Waals surface area contributed by atoms with Gasteiger partial charge in [0.2, 0.25) is 0 Å². The molecular formula is C20H26N2O4. The van der Waals surface area contributed by atoms with Crippen LogP contribution in [0.15, 0.2) is 24.3 Å². The maximum absolute atomic E-state index is 10.1. The maximum atomic E-state index is 10.1. The number of ether oxygens (including phenoxy) is 2. The number of hydrogen-bond acceptors (Lipinski definition) is 6. The fourth-order valence-corrected chi connectivity index (χ4v) is 4.02. The van der Waals surface area contributed by atoms with Crippen LogP contribution >= 0.6 is 0 Å². The molecular weight excluding hydrogens is 332 g/mol. The van der Waals surface area contributed by atoms with Gasteiger partial charge in [-0.15, -0.1) is 0 Å². The van der Waals surface area contributed by atoms with Crippen molar-refractivity contribution in [1.82, 2.24) is 0 Å². The van der Waals surface area contributed by atoms with Crippen LogP contribution in [0.1, 0.15) is 43.2 Å². The molecule has 0 unspecified atom stereocenters. The second-order valence-electron chi connectivity index (χ2n) is 6.88. The van der Waals surface area contributed by atoms with Gasteiger partial charge < -0.3 is 31.2 Å². The second kappa shape index (κ2) is 6.86. The van der Waals surface area contributed by atoms with Gasteiger partial charge in [0.15, 0.2) is 23.0 Å². The predicted molar refractivity (Wildman–Crippen MR) is 102 cm³/mol. The van der Waals surface area contributed by atoms with E-state index in [-0.39, 0.29) is 28.3 Å². The lowest BCUT2D eigenvalue weighted by molar-refractivity contribution is 0.335. The van der Waals surface area contributed by atoms with Gasteiger partial charge in [-0.25, -0.2) is 0 Å². The van der Waals surface area contributed by atoms with E-state index < -0.39 is 0 Å². The summed E-state index contributed by atoms with van der Waals surface area (Å²) in [5, 5.41) is 20.2. The van der Waals surface area contributed by atoms with E-state index in [0.29, 0.717) is 11.5 Å². The molecule has 26 heavy (non-hydrogen) atoms. The van der Waals surface area contributed by atoms with Crippen LogP contribution < -0.4 is 20.9 Å². The average Bonchev–Trinajstić information content (AvgIpc) is 2.66. The van der Waals surface area contributed by atoms with Crippen molar-refractivity contribution in [3.63, 3.8) is 0 Å². The van der Waals surface area contributed by atoms with Gasteiger partial charge in [0.25, 0.3) is 0 Å². The minimum atomic E-state index is -0.331. The molecule has 0 heterocycles. The number of hydrogen-bond donors (Lipinski definition) is 4.